The van der Waals surface area contributed by atoms with Gasteiger partial charge in [-0.3, -0.25) is 0 Å². The Kier molecular flexibility index (Phi) is 4.11. The first-order chi connectivity index (χ1) is 9.04. The number of halogens is 1. The molecule has 0 unspecified atom stereocenters. The first-order valence-electron chi connectivity index (χ1n) is 5.73. The summed E-state index contributed by atoms with van der Waals surface area (Å²) >= 11 is 1.58. The van der Waals surface area contributed by atoms with Gasteiger partial charge in [-0.2, -0.15) is 0 Å². The van der Waals surface area contributed by atoms with Crippen LogP contribution in [0.5, 0.6) is 0 Å². The zero-order chi connectivity index (χ0) is 13.8. The van der Waals surface area contributed by atoms with Crippen LogP contribution in [0.15, 0.2) is 23.6 Å². The third-order valence-electron chi connectivity index (χ3n) is 2.48. The molecule has 19 heavy (non-hydrogen) atoms. The lowest BCUT2D eigenvalue weighted by molar-refractivity contribution is 0.0696. The van der Waals surface area contributed by atoms with Crippen LogP contribution in [0.3, 0.4) is 0 Å². The molecule has 0 amide bonds. The maximum Gasteiger partial charge on any atom is 0.335 e. The molecule has 1 aromatic heterocycles. The summed E-state index contributed by atoms with van der Waals surface area (Å²) in [6.45, 7) is 2.51. The number of rotatable bonds is 5. The van der Waals surface area contributed by atoms with Crippen molar-refractivity contribution in [3.05, 3.63) is 45.7 Å². The van der Waals surface area contributed by atoms with Crippen molar-refractivity contribution in [1.82, 2.24) is 4.98 Å². The summed E-state index contributed by atoms with van der Waals surface area (Å²) in [5, 5.41) is 14.8. The Morgan fingerprint density at radius 1 is 1.47 bits per heavy atom. The van der Waals surface area contributed by atoms with Crippen molar-refractivity contribution in [3.8, 4) is 0 Å². The van der Waals surface area contributed by atoms with Gasteiger partial charge in [-0.15, -0.1) is 11.3 Å². The molecular weight excluding hydrogens is 267 g/mol. The lowest BCUT2D eigenvalue weighted by Crippen LogP contribution is -2.06. The van der Waals surface area contributed by atoms with E-state index in [4.69, 9.17) is 5.11 Å². The van der Waals surface area contributed by atoms with Gasteiger partial charge in [0.2, 0.25) is 0 Å². The first kappa shape index (κ1) is 13.5. The van der Waals surface area contributed by atoms with Crippen LogP contribution in [-0.4, -0.2) is 22.6 Å². The standard InChI is InChI=1S/C13H13FN2O2S/c1-8-7-19-12(16-8)2-3-15-11-5-9(13(17)18)4-10(14)6-11/h4-7,15H,2-3H2,1H3,(H,17,18). The van der Waals surface area contributed by atoms with Gasteiger partial charge in [0.15, 0.2) is 0 Å². The number of carboxylic acids is 1. The Hall–Kier alpha value is -1.95. The maximum absolute atomic E-state index is 13.2. The van der Waals surface area contributed by atoms with Gasteiger partial charge in [-0.1, -0.05) is 0 Å². The van der Waals surface area contributed by atoms with E-state index in [-0.39, 0.29) is 5.56 Å². The van der Waals surface area contributed by atoms with Crippen LogP contribution in [0.1, 0.15) is 21.1 Å². The average molecular weight is 280 g/mol. The van der Waals surface area contributed by atoms with E-state index < -0.39 is 11.8 Å². The number of carbonyl (C=O) groups is 1. The molecule has 0 aliphatic carbocycles. The second-order valence-electron chi connectivity index (χ2n) is 4.09. The number of nitrogens with one attached hydrogen (secondary N) is 1. The fourth-order valence-electron chi connectivity index (χ4n) is 1.65. The molecule has 0 radical (unpaired) electrons. The Labute approximate surface area is 113 Å². The molecule has 6 heteroatoms. The van der Waals surface area contributed by atoms with Crippen molar-refractivity contribution in [2.24, 2.45) is 0 Å². The highest BCUT2D eigenvalue weighted by Crippen LogP contribution is 2.15. The summed E-state index contributed by atoms with van der Waals surface area (Å²) in [4.78, 5) is 15.1. The van der Waals surface area contributed by atoms with Crippen molar-refractivity contribution < 1.29 is 14.3 Å². The average Bonchev–Trinajstić information content (AvgIpc) is 2.74. The number of benzene rings is 1. The van der Waals surface area contributed by atoms with Gasteiger partial charge in [0, 0.05) is 29.7 Å². The fourth-order valence-corrected chi connectivity index (χ4v) is 2.42. The third kappa shape index (κ3) is 3.75. The highest BCUT2D eigenvalue weighted by Gasteiger charge is 2.07. The van der Waals surface area contributed by atoms with Gasteiger partial charge in [-0.05, 0) is 25.1 Å². The highest BCUT2D eigenvalue weighted by atomic mass is 32.1. The van der Waals surface area contributed by atoms with Crippen molar-refractivity contribution >= 4 is 23.0 Å². The molecule has 0 saturated heterocycles. The Morgan fingerprint density at radius 3 is 2.89 bits per heavy atom. The number of nitrogens with zero attached hydrogens (tertiary/aromatic N) is 1. The molecule has 0 spiro atoms. The Morgan fingerprint density at radius 2 is 2.26 bits per heavy atom. The van der Waals surface area contributed by atoms with E-state index in [1.54, 1.807) is 11.3 Å². The van der Waals surface area contributed by atoms with Crippen LogP contribution < -0.4 is 5.32 Å². The molecule has 0 bridgehead atoms. The SMILES string of the molecule is Cc1csc(CCNc2cc(F)cc(C(=O)O)c2)n1. The summed E-state index contributed by atoms with van der Waals surface area (Å²) < 4.78 is 13.2. The van der Waals surface area contributed by atoms with Gasteiger partial charge >= 0.3 is 5.97 Å². The van der Waals surface area contributed by atoms with Gasteiger partial charge in [0.1, 0.15) is 5.82 Å². The van der Waals surface area contributed by atoms with Crippen molar-refractivity contribution in [2.75, 3.05) is 11.9 Å². The van der Waals surface area contributed by atoms with E-state index in [0.717, 1.165) is 23.2 Å². The molecular formula is C13H13FN2O2S. The zero-order valence-corrected chi connectivity index (χ0v) is 11.1. The predicted molar refractivity (Wildman–Crippen MR) is 72.4 cm³/mol. The van der Waals surface area contributed by atoms with Gasteiger partial charge in [0.05, 0.1) is 10.6 Å². The van der Waals surface area contributed by atoms with Gasteiger partial charge in [0.25, 0.3) is 0 Å². The van der Waals surface area contributed by atoms with Crippen LogP contribution >= 0.6 is 11.3 Å². The van der Waals surface area contributed by atoms with Gasteiger partial charge < -0.3 is 10.4 Å². The minimum absolute atomic E-state index is 0.0624. The number of aromatic carboxylic acids is 1. The lowest BCUT2D eigenvalue weighted by Gasteiger charge is -2.06. The van der Waals surface area contributed by atoms with E-state index in [2.05, 4.69) is 10.3 Å². The van der Waals surface area contributed by atoms with Crippen LogP contribution in [-0.2, 0) is 6.42 Å². The molecule has 0 fully saturated rings. The number of hydrogen-bond donors (Lipinski definition) is 2. The number of aryl methyl sites for hydroxylation is 1. The van der Waals surface area contributed by atoms with Crippen molar-refractivity contribution in [3.63, 3.8) is 0 Å². The van der Waals surface area contributed by atoms with Crippen LogP contribution in [0, 0.1) is 12.7 Å². The van der Waals surface area contributed by atoms with E-state index >= 15 is 0 Å². The molecule has 100 valence electrons. The summed E-state index contributed by atoms with van der Waals surface area (Å²) in [7, 11) is 0. The monoisotopic (exact) mass is 280 g/mol. The molecule has 1 heterocycles. The second-order valence-corrected chi connectivity index (χ2v) is 5.04. The van der Waals surface area contributed by atoms with E-state index in [1.807, 2.05) is 12.3 Å². The van der Waals surface area contributed by atoms with E-state index in [1.165, 1.54) is 12.1 Å². The number of hydrogen-bond acceptors (Lipinski definition) is 4. The van der Waals surface area contributed by atoms with E-state index in [0.29, 0.717) is 12.2 Å². The smallest absolute Gasteiger partial charge is 0.335 e. The number of aromatic nitrogens is 1. The summed E-state index contributed by atoms with van der Waals surface area (Å²) in [5.41, 5.74) is 1.39. The molecule has 0 aliphatic heterocycles. The van der Waals surface area contributed by atoms with Crippen LogP contribution in [0.25, 0.3) is 0 Å². The zero-order valence-electron chi connectivity index (χ0n) is 10.3. The normalized spacial score (nSPS) is 10.4. The van der Waals surface area contributed by atoms with Crippen LogP contribution in [0.4, 0.5) is 10.1 Å². The van der Waals surface area contributed by atoms with Crippen LogP contribution in [0.2, 0.25) is 0 Å². The Balaban J connectivity index is 1.97. The fraction of sp³-hybridized carbons (Fsp3) is 0.231. The van der Waals surface area contributed by atoms with E-state index in [9.17, 15) is 9.18 Å². The largest absolute Gasteiger partial charge is 0.478 e. The molecule has 2 rings (SSSR count). The Bertz CT molecular complexity index is 598. The van der Waals surface area contributed by atoms with Crippen molar-refractivity contribution in [2.45, 2.75) is 13.3 Å². The minimum Gasteiger partial charge on any atom is -0.478 e. The summed E-state index contributed by atoms with van der Waals surface area (Å²) in [5.74, 6) is -1.70. The number of thiazole rings is 1. The predicted octanol–water partition coefficient (Wildman–Crippen LogP) is 2.94. The molecule has 4 nitrogen and oxygen atoms in total. The second kappa shape index (κ2) is 5.79. The number of carboxylic acid groups (broad SMARTS) is 1. The quantitative estimate of drug-likeness (QED) is 0.884. The van der Waals surface area contributed by atoms with Gasteiger partial charge in [-0.25, -0.2) is 14.2 Å². The molecule has 0 aliphatic rings. The topological polar surface area (TPSA) is 62.2 Å². The molecule has 2 N–H and O–H groups in total. The molecule has 2 aromatic rings. The van der Waals surface area contributed by atoms with Crippen molar-refractivity contribution in [1.29, 1.82) is 0 Å². The lowest BCUT2D eigenvalue weighted by atomic mass is 10.2. The number of anilines is 1. The third-order valence-corrected chi connectivity index (χ3v) is 3.51. The molecule has 1 aromatic carbocycles. The maximum atomic E-state index is 13.2. The summed E-state index contributed by atoms with van der Waals surface area (Å²) in [6, 6.07) is 3.69. The molecule has 0 atom stereocenters. The highest BCUT2D eigenvalue weighted by molar-refractivity contribution is 7.09. The summed E-state index contributed by atoms with van der Waals surface area (Å²) in [6.07, 6.45) is 0.720. The molecule has 0 saturated carbocycles. The first-order valence-corrected chi connectivity index (χ1v) is 6.61. The minimum atomic E-state index is -1.14.